The topological polar surface area (TPSA) is 60.2 Å². The van der Waals surface area contributed by atoms with Crippen molar-refractivity contribution >= 4 is 16.9 Å². The van der Waals surface area contributed by atoms with E-state index in [1.54, 1.807) is 0 Å². The molecule has 5 heteroatoms. The van der Waals surface area contributed by atoms with E-state index >= 15 is 0 Å². The quantitative estimate of drug-likeness (QED) is 0.268. The van der Waals surface area contributed by atoms with Gasteiger partial charge in [0.2, 0.25) is 0 Å². The zero-order valence-electron chi connectivity index (χ0n) is 22.0. The highest BCUT2D eigenvalue weighted by Gasteiger charge is 2.39. The number of fused-ring (bicyclic) bond motifs is 1. The molecule has 2 amide bonds. The Balaban J connectivity index is 1.27. The lowest BCUT2D eigenvalue weighted by atomic mass is 9.70. The molecule has 1 aliphatic rings. The van der Waals surface area contributed by atoms with Gasteiger partial charge in [0.1, 0.15) is 0 Å². The van der Waals surface area contributed by atoms with Gasteiger partial charge >= 0.3 is 6.03 Å². The summed E-state index contributed by atoms with van der Waals surface area (Å²) >= 11 is 0. The highest BCUT2D eigenvalue weighted by Crippen LogP contribution is 2.47. The van der Waals surface area contributed by atoms with Crippen LogP contribution in [-0.2, 0) is 18.5 Å². The van der Waals surface area contributed by atoms with Crippen LogP contribution in [0.3, 0.4) is 0 Å². The Hall–Kier alpha value is -3.57. The number of hydrogen-bond acceptors (Lipinski definition) is 2. The van der Waals surface area contributed by atoms with Crippen molar-refractivity contribution in [3.05, 3.63) is 107 Å². The zero-order valence-corrected chi connectivity index (χ0v) is 22.0. The van der Waals surface area contributed by atoms with Gasteiger partial charge in [-0.25, -0.2) is 4.79 Å². The molecular formula is C32H38N4O. The van der Waals surface area contributed by atoms with Gasteiger partial charge in [0.25, 0.3) is 0 Å². The fourth-order valence-corrected chi connectivity index (χ4v) is 6.11. The number of benzene rings is 3. The third-order valence-electron chi connectivity index (χ3n) is 8.19. The average Bonchev–Trinajstić information content (AvgIpc) is 3.31. The third kappa shape index (κ3) is 5.42. The summed E-state index contributed by atoms with van der Waals surface area (Å²) in [5.41, 5.74) is 6.49. The molecule has 3 N–H and O–H groups in total. The number of urea groups is 1. The van der Waals surface area contributed by atoms with E-state index in [0.717, 1.165) is 37.7 Å². The number of aromatic nitrogens is 1. The van der Waals surface area contributed by atoms with Crippen LogP contribution in [0.25, 0.3) is 10.9 Å². The second-order valence-electron chi connectivity index (χ2n) is 10.5. The van der Waals surface area contributed by atoms with E-state index in [1.807, 2.05) is 30.3 Å². The lowest BCUT2D eigenvalue weighted by molar-refractivity contribution is 0.0903. The summed E-state index contributed by atoms with van der Waals surface area (Å²) < 4.78 is 0. The van der Waals surface area contributed by atoms with Crippen molar-refractivity contribution in [1.29, 1.82) is 0 Å². The molecule has 4 aromatic rings. The molecule has 0 aliphatic heterocycles. The van der Waals surface area contributed by atoms with Crippen LogP contribution in [0.15, 0.2) is 84.9 Å². The number of aromatic amines is 1. The van der Waals surface area contributed by atoms with E-state index in [2.05, 4.69) is 89.2 Å². The van der Waals surface area contributed by atoms with E-state index in [-0.39, 0.29) is 11.6 Å². The molecule has 0 saturated heterocycles. The molecule has 1 saturated carbocycles. The SMILES string of the molecule is CN(C)C1(c2ccccc2)CCC(c2[nH]c3ccccc3c2CCNC(=O)NCc2ccccc2)CC1. The Labute approximate surface area is 220 Å². The highest BCUT2D eigenvalue weighted by molar-refractivity contribution is 5.85. The molecule has 0 bridgehead atoms. The van der Waals surface area contributed by atoms with Gasteiger partial charge in [0.05, 0.1) is 0 Å². The van der Waals surface area contributed by atoms with Crippen molar-refractivity contribution in [2.75, 3.05) is 20.6 Å². The first-order chi connectivity index (χ1) is 18.1. The maximum absolute atomic E-state index is 12.4. The Morgan fingerprint density at radius 2 is 1.54 bits per heavy atom. The first kappa shape index (κ1) is 25.1. The molecule has 0 radical (unpaired) electrons. The fourth-order valence-electron chi connectivity index (χ4n) is 6.11. The van der Waals surface area contributed by atoms with Crippen LogP contribution in [0.4, 0.5) is 4.79 Å². The summed E-state index contributed by atoms with van der Waals surface area (Å²) in [4.78, 5) is 18.6. The molecule has 0 atom stereocenters. The normalized spacial score (nSPS) is 19.7. The molecule has 37 heavy (non-hydrogen) atoms. The van der Waals surface area contributed by atoms with E-state index in [1.165, 1.54) is 27.7 Å². The Morgan fingerprint density at radius 3 is 2.24 bits per heavy atom. The summed E-state index contributed by atoms with van der Waals surface area (Å²) in [6.45, 7) is 1.13. The van der Waals surface area contributed by atoms with Crippen molar-refractivity contribution in [3.63, 3.8) is 0 Å². The minimum Gasteiger partial charge on any atom is -0.358 e. The van der Waals surface area contributed by atoms with E-state index in [9.17, 15) is 4.79 Å². The summed E-state index contributed by atoms with van der Waals surface area (Å²) in [5.74, 6) is 0.492. The lowest BCUT2D eigenvalue weighted by Gasteiger charge is -2.45. The second kappa shape index (κ2) is 11.2. The van der Waals surface area contributed by atoms with Crippen molar-refractivity contribution in [1.82, 2.24) is 20.5 Å². The Kier molecular flexibility index (Phi) is 7.61. The van der Waals surface area contributed by atoms with E-state index < -0.39 is 0 Å². The number of amides is 2. The molecule has 3 aromatic carbocycles. The van der Waals surface area contributed by atoms with E-state index in [0.29, 0.717) is 19.0 Å². The fraction of sp³-hybridized carbons (Fsp3) is 0.344. The molecule has 5 rings (SSSR count). The summed E-state index contributed by atoms with van der Waals surface area (Å²) in [7, 11) is 4.44. The van der Waals surface area contributed by atoms with Gasteiger partial charge in [-0.1, -0.05) is 78.9 Å². The first-order valence-corrected chi connectivity index (χ1v) is 13.4. The molecular weight excluding hydrogens is 456 g/mol. The summed E-state index contributed by atoms with van der Waals surface area (Å²) in [5, 5.41) is 7.31. The number of nitrogens with one attached hydrogen (secondary N) is 3. The molecule has 192 valence electrons. The molecule has 0 unspecified atom stereocenters. The predicted octanol–water partition coefficient (Wildman–Crippen LogP) is 6.32. The van der Waals surface area contributed by atoms with Gasteiger partial charge in [0.15, 0.2) is 0 Å². The van der Waals surface area contributed by atoms with Gasteiger partial charge in [0, 0.05) is 35.2 Å². The Morgan fingerprint density at radius 1 is 0.892 bits per heavy atom. The average molecular weight is 495 g/mol. The van der Waals surface area contributed by atoms with Gasteiger partial charge in [-0.3, -0.25) is 4.90 Å². The van der Waals surface area contributed by atoms with Crippen LogP contribution in [0.5, 0.6) is 0 Å². The molecule has 1 aromatic heterocycles. The zero-order chi connectivity index (χ0) is 25.7. The van der Waals surface area contributed by atoms with Crippen LogP contribution >= 0.6 is 0 Å². The highest BCUT2D eigenvalue weighted by atomic mass is 16.2. The van der Waals surface area contributed by atoms with Gasteiger partial charge in [-0.15, -0.1) is 0 Å². The largest absolute Gasteiger partial charge is 0.358 e. The van der Waals surface area contributed by atoms with Crippen LogP contribution < -0.4 is 10.6 Å². The standard InChI is InChI=1S/C32H38N4O/c1-36(2)32(26-13-7-4-8-14-26)20-17-25(18-21-32)30-28(27-15-9-10-16-29(27)35-30)19-22-33-31(37)34-23-24-11-5-3-6-12-24/h3-16,25,35H,17-23H2,1-2H3,(H2,33,34,37). The van der Waals surface area contributed by atoms with Gasteiger partial charge in [-0.05, 0) is 74.9 Å². The van der Waals surface area contributed by atoms with Crippen LogP contribution in [0, 0.1) is 0 Å². The first-order valence-electron chi connectivity index (χ1n) is 13.4. The molecule has 1 aliphatic carbocycles. The molecule has 1 heterocycles. The number of hydrogen-bond donors (Lipinski definition) is 3. The smallest absolute Gasteiger partial charge is 0.315 e. The number of carbonyl (C=O) groups is 1. The minimum absolute atomic E-state index is 0.0857. The van der Waals surface area contributed by atoms with Gasteiger partial charge < -0.3 is 15.6 Å². The number of para-hydroxylation sites is 1. The van der Waals surface area contributed by atoms with Crippen molar-refractivity contribution in [3.8, 4) is 0 Å². The second-order valence-corrected chi connectivity index (χ2v) is 10.5. The number of carbonyl (C=O) groups excluding carboxylic acids is 1. The summed E-state index contributed by atoms with van der Waals surface area (Å²) in [6, 6.07) is 29.4. The van der Waals surface area contributed by atoms with Gasteiger partial charge in [-0.2, -0.15) is 0 Å². The lowest BCUT2D eigenvalue weighted by Crippen LogP contribution is -2.44. The van der Waals surface area contributed by atoms with Crippen LogP contribution in [-0.4, -0.2) is 36.6 Å². The minimum atomic E-state index is -0.124. The molecule has 1 fully saturated rings. The van der Waals surface area contributed by atoms with Crippen LogP contribution in [0.2, 0.25) is 0 Å². The van der Waals surface area contributed by atoms with E-state index in [4.69, 9.17) is 0 Å². The monoisotopic (exact) mass is 494 g/mol. The number of nitrogens with zero attached hydrogens (tertiary/aromatic N) is 1. The summed E-state index contributed by atoms with van der Waals surface area (Å²) in [6.07, 6.45) is 5.34. The molecule has 0 spiro atoms. The number of rotatable bonds is 8. The van der Waals surface area contributed by atoms with Crippen molar-refractivity contribution in [2.24, 2.45) is 0 Å². The predicted molar refractivity (Wildman–Crippen MR) is 152 cm³/mol. The van der Waals surface area contributed by atoms with Crippen molar-refractivity contribution < 1.29 is 4.79 Å². The van der Waals surface area contributed by atoms with Crippen LogP contribution in [0.1, 0.15) is 54.0 Å². The molecule has 5 nitrogen and oxygen atoms in total. The maximum atomic E-state index is 12.4. The Bertz CT molecular complexity index is 1300. The number of H-pyrrole nitrogens is 1. The maximum Gasteiger partial charge on any atom is 0.315 e. The third-order valence-corrected chi connectivity index (χ3v) is 8.19. The van der Waals surface area contributed by atoms with Crippen molar-refractivity contribution in [2.45, 2.75) is 50.1 Å².